The van der Waals surface area contributed by atoms with Gasteiger partial charge in [-0.1, -0.05) is 0 Å². The summed E-state index contributed by atoms with van der Waals surface area (Å²) in [5.74, 6) is -1.02. The van der Waals surface area contributed by atoms with Crippen LogP contribution < -0.4 is 4.74 Å². The maximum atomic E-state index is 13.4. The Morgan fingerprint density at radius 3 is 2.82 bits per heavy atom. The molecule has 5 nitrogen and oxygen atoms in total. The molecule has 7 heteroatoms. The molecule has 0 spiro atoms. The van der Waals surface area contributed by atoms with Gasteiger partial charge in [-0.2, -0.15) is 0 Å². The monoisotopic (exact) mass is 263 g/mol. The highest BCUT2D eigenvalue weighted by Crippen LogP contribution is 2.27. The first kappa shape index (κ1) is 13.7. The lowest BCUT2D eigenvalue weighted by Crippen LogP contribution is -2.19. The molecule has 1 aromatic carbocycles. The third-order valence-corrected chi connectivity index (χ3v) is 2.41. The molecule has 0 aromatic heterocycles. The molecule has 0 aliphatic carbocycles. The van der Waals surface area contributed by atoms with E-state index >= 15 is 0 Å². The van der Waals surface area contributed by atoms with Crippen LogP contribution in [0.5, 0.6) is 5.75 Å². The fourth-order valence-electron chi connectivity index (χ4n) is 1.18. The van der Waals surface area contributed by atoms with E-state index in [1.54, 1.807) is 0 Å². The number of nitro benzene ring substituents is 1. The molecule has 94 valence electrons. The lowest BCUT2D eigenvalue weighted by atomic mass is 10.2. The average molecular weight is 264 g/mol. The Balaban J connectivity index is 2.88. The highest BCUT2D eigenvalue weighted by atomic mass is 35.5. The van der Waals surface area contributed by atoms with Gasteiger partial charge in [0.2, 0.25) is 0 Å². The summed E-state index contributed by atoms with van der Waals surface area (Å²) in [7, 11) is 0. The molecule has 0 aliphatic heterocycles. The first-order chi connectivity index (χ1) is 7.95. The highest BCUT2D eigenvalue weighted by molar-refractivity contribution is 6.18. The van der Waals surface area contributed by atoms with Gasteiger partial charge in [-0.15, -0.1) is 11.6 Å². The number of hydrogen-bond acceptors (Lipinski definition) is 4. The Kier molecular flexibility index (Phi) is 4.65. The highest BCUT2D eigenvalue weighted by Gasteiger charge is 2.16. The number of nitro groups is 1. The fraction of sp³-hybridized carbons (Fsp3) is 0.400. The van der Waals surface area contributed by atoms with E-state index in [-0.39, 0.29) is 29.5 Å². The summed E-state index contributed by atoms with van der Waals surface area (Å²) < 4.78 is 18.4. The molecular formula is C10H11ClFNO4. The van der Waals surface area contributed by atoms with E-state index in [2.05, 4.69) is 0 Å². The van der Waals surface area contributed by atoms with Crippen LogP contribution in [0, 0.1) is 22.9 Å². The minimum absolute atomic E-state index is 0.0341. The number of nitrogens with zero attached hydrogens (tertiary/aromatic N) is 1. The Morgan fingerprint density at radius 1 is 1.65 bits per heavy atom. The number of halogens is 2. The van der Waals surface area contributed by atoms with Crippen LogP contribution in [-0.4, -0.2) is 28.6 Å². The van der Waals surface area contributed by atoms with Crippen molar-refractivity contribution in [3.8, 4) is 5.75 Å². The third-order valence-electron chi connectivity index (χ3n) is 2.06. The summed E-state index contributed by atoms with van der Waals surface area (Å²) in [5.41, 5.74) is -0.0282. The Labute approximate surface area is 102 Å². The first-order valence-electron chi connectivity index (χ1n) is 4.77. The van der Waals surface area contributed by atoms with Gasteiger partial charge in [-0.25, -0.2) is 4.39 Å². The second-order valence-electron chi connectivity index (χ2n) is 3.45. The molecule has 1 aromatic rings. The lowest BCUT2D eigenvalue weighted by molar-refractivity contribution is -0.385. The normalized spacial score (nSPS) is 12.2. The minimum atomic E-state index is -0.911. The van der Waals surface area contributed by atoms with Gasteiger partial charge in [0.05, 0.1) is 16.9 Å². The Bertz CT molecular complexity index is 427. The minimum Gasteiger partial charge on any atom is -0.488 e. The molecule has 1 unspecified atom stereocenters. The van der Waals surface area contributed by atoms with Gasteiger partial charge in [0, 0.05) is 5.56 Å². The topological polar surface area (TPSA) is 72.6 Å². The first-order valence-corrected chi connectivity index (χ1v) is 5.30. The van der Waals surface area contributed by atoms with Crippen molar-refractivity contribution in [3.63, 3.8) is 0 Å². The number of aliphatic hydroxyl groups excluding tert-OH is 1. The fourth-order valence-corrected chi connectivity index (χ4v) is 1.27. The van der Waals surface area contributed by atoms with Crippen molar-refractivity contribution in [3.05, 3.63) is 33.6 Å². The van der Waals surface area contributed by atoms with Crippen LogP contribution in [0.4, 0.5) is 10.1 Å². The van der Waals surface area contributed by atoms with E-state index in [1.165, 1.54) is 13.0 Å². The lowest BCUT2D eigenvalue weighted by Gasteiger charge is -2.10. The zero-order chi connectivity index (χ0) is 13.0. The summed E-state index contributed by atoms with van der Waals surface area (Å²) in [6.07, 6.45) is -0.911. The second-order valence-corrected chi connectivity index (χ2v) is 3.75. The molecule has 0 bridgehead atoms. The van der Waals surface area contributed by atoms with Gasteiger partial charge in [0.25, 0.3) is 5.69 Å². The zero-order valence-electron chi connectivity index (χ0n) is 9.02. The summed E-state index contributed by atoms with van der Waals surface area (Å²) in [5, 5.41) is 19.7. The van der Waals surface area contributed by atoms with Crippen molar-refractivity contribution < 1.29 is 19.2 Å². The van der Waals surface area contributed by atoms with Gasteiger partial charge in [-0.05, 0) is 13.0 Å². The van der Waals surface area contributed by atoms with E-state index in [0.717, 1.165) is 6.07 Å². The van der Waals surface area contributed by atoms with Crippen molar-refractivity contribution in [2.24, 2.45) is 0 Å². The van der Waals surface area contributed by atoms with Crippen LogP contribution in [0.25, 0.3) is 0 Å². The molecule has 0 aliphatic rings. The van der Waals surface area contributed by atoms with Gasteiger partial charge in [-0.3, -0.25) is 10.1 Å². The number of alkyl halides is 1. The number of ether oxygens (including phenoxy) is 1. The number of aryl methyl sites for hydroxylation is 1. The van der Waals surface area contributed by atoms with Crippen LogP contribution in [0.15, 0.2) is 12.1 Å². The van der Waals surface area contributed by atoms with Gasteiger partial charge >= 0.3 is 0 Å². The summed E-state index contributed by atoms with van der Waals surface area (Å²) in [4.78, 5) is 9.87. The molecule has 1 N–H and O–H groups in total. The summed E-state index contributed by atoms with van der Waals surface area (Å²) in [6, 6.07) is 2.01. The van der Waals surface area contributed by atoms with Gasteiger partial charge in [0.15, 0.2) is 11.6 Å². The van der Waals surface area contributed by atoms with Crippen LogP contribution in [-0.2, 0) is 0 Å². The SMILES string of the molecule is Cc1cc(OCC(O)CCl)c(F)cc1[N+](=O)[O-]. The van der Waals surface area contributed by atoms with E-state index < -0.39 is 16.8 Å². The van der Waals surface area contributed by atoms with Gasteiger partial charge < -0.3 is 9.84 Å². The maximum absolute atomic E-state index is 13.4. The largest absolute Gasteiger partial charge is 0.488 e. The molecule has 0 fully saturated rings. The number of aliphatic hydroxyl groups is 1. The van der Waals surface area contributed by atoms with Crippen LogP contribution in [0.2, 0.25) is 0 Å². The molecule has 1 atom stereocenters. The molecule has 0 radical (unpaired) electrons. The second kappa shape index (κ2) is 5.79. The predicted molar refractivity (Wildman–Crippen MR) is 60.0 cm³/mol. The Hall–Kier alpha value is -1.40. The van der Waals surface area contributed by atoms with Crippen LogP contribution >= 0.6 is 11.6 Å². The summed E-state index contributed by atoms with van der Waals surface area (Å²) in [6.45, 7) is 1.31. The van der Waals surface area contributed by atoms with E-state index in [9.17, 15) is 14.5 Å². The van der Waals surface area contributed by atoms with E-state index in [0.29, 0.717) is 0 Å². The molecule has 0 saturated carbocycles. The number of benzene rings is 1. The van der Waals surface area contributed by atoms with Crippen LogP contribution in [0.3, 0.4) is 0 Å². The molecule has 17 heavy (non-hydrogen) atoms. The van der Waals surface area contributed by atoms with Crippen molar-refractivity contribution in [2.75, 3.05) is 12.5 Å². The van der Waals surface area contributed by atoms with Crippen molar-refractivity contribution >= 4 is 17.3 Å². The molecule has 0 saturated heterocycles. The summed E-state index contributed by atoms with van der Waals surface area (Å²) >= 11 is 5.34. The van der Waals surface area contributed by atoms with Gasteiger partial charge in [0.1, 0.15) is 12.7 Å². The average Bonchev–Trinajstić information content (AvgIpc) is 2.28. The van der Waals surface area contributed by atoms with Crippen molar-refractivity contribution in [2.45, 2.75) is 13.0 Å². The Morgan fingerprint density at radius 2 is 2.29 bits per heavy atom. The molecule has 1 rings (SSSR count). The molecule has 0 heterocycles. The van der Waals surface area contributed by atoms with Crippen molar-refractivity contribution in [1.29, 1.82) is 0 Å². The zero-order valence-corrected chi connectivity index (χ0v) is 9.78. The van der Waals surface area contributed by atoms with E-state index in [1.807, 2.05) is 0 Å². The smallest absolute Gasteiger partial charge is 0.275 e. The predicted octanol–water partition coefficient (Wildman–Crippen LogP) is 2.02. The number of hydrogen-bond donors (Lipinski definition) is 1. The van der Waals surface area contributed by atoms with Crippen LogP contribution in [0.1, 0.15) is 5.56 Å². The number of rotatable bonds is 5. The van der Waals surface area contributed by atoms with Crippen molar-refractivity contribution in [1.82, 2.24) is 0 Å². The third kappa shape index (κ3) is 3.54. The standard InChI is InChI=1S/C10H11ClFNO4/c1-6-2-10(17-5-7(14)4-11)8(12)3-9(6)13(15)16/h2-3,7,14H,4-5H2,1H3. The maximum Gasteiger partial charge on any atom is 0.275 e. The molecular weight excluding hydrogens is 253 g/mol. The molecule has 0 amide bonds. The quantitative estimate of drug-likeness (QED) is 0.501. The van der Waals surface area contributed by atoms with E-state index in [4.69, 9.17) is 21.4 Å².